The normalized spacial score (nSPS) is 15.4. The van der Waals surface area contributed by atoms with Crippen LogP contribution >= 0.6 is 30.4 Å². The fourth-order valence-corrected chi connectivity index (χ4v) is 13.3. The molecule has 1 aliphatic heterocycles. The van der Waals surface area contributed by atoms with Gasteiger partial charge in [-0.3, -0.25) is 0 Å². The van der Waals surface area contributed by atoms with Gasteiger partial charge in [-0.05, 0) is 66.4 Å². The third kappa shape index (κ3) is 9.14. The Morgan fingerprint density at radius 2 is 0.974 bits per heavy atom. The van der Waals surface area contributed by atoms with Crippen LogP contribution in [0.15, 0.2) is 165 Å². The van der Waals surface area contributed by atoms with Crippen molar-refractivity contribution in [3.05, 3.63) is 157 Å². The third-order valence-electron chi connectivity index (χ3n) is 12.6. The number of allylic oxidation sites excluding steroid dienone is 4. The van der Waals surface area contributed by atoms with Crippen LogP contribution in [-0.2, 0) is 6.54 Å². The van der Waals surface area contributed by atoms with Crippen LogP contribution in [0.2, 0.25) is 0 Å². The van der Waals surface area contributed by atoms with Gasteiger partial charge < -0.3 is 4.57 Å². The van der Waals surface area contributed by atoms with E-state index in [4.69, 9.17) is 0 Å². The van der Waals surface area contributed by atoms with Crippen molar-refractivity contribution >= 4 is 80.3 Å². The average Bonchev–Trinajstić information content (AvgIpc) is 3.82. The molecule has 0 radical (unpaired) electrons. The Bertz CT molecular complexity index is 3350. The summed E-state index contributed by atoms with van der Waals surface area (Å²) in [5, 5.41) is 8.01. The molecular formula is C53H43F18N2PS2. The topological polar surface area (TPSA) is 7.94 Å². The average molecular weight is 1150 g/mol. The summed E-state index contributed by atoms with van der Waals surface area (Å²) in [5.74, 6) is 0. The fourth-order valence-electron chi connectivity index (χ4n) is 8.73. The maximum atomic E-state index is 13.4. The number of aryl methyl sites for hydroxylation is 1. The molecule has 2 nitrogen and oxygen atoms in total. The molecule has 0 saturated carbocycles. The first kappa shape index (κ1) is 58.1. The van der Waals surface area contributed by atoms with Gasteiger partial charge in [-0.25, -0.2) is 0 Å². The number of hydrogen-bond acceptors (Lipinski definition) is 2. The maximum absolute atomic E-state index is 15.0. The molecule has 408 valence electrons. The molecular weight excluding hydrogens is 1100 g/mol. The fraction of sp³-hybridized carbons (Fsp3) is 0.264. The van der Waals surface area contributed by atoms with Gasteiger partial charge in [0.05, 0.1) is 10.9 Å². The molecule has 0 amide bonds. The van der Waals surface area contributed by atoms with E-state index in [2.05, 4.69) is 175 Å². The van der Waals surface area contributed by atoms with Gasteiger partial charge in [-0.1, -0.05) is 135 Å². The number of nitrogens with zero attached hydrogens (tertiary/aromatic N) is 2. The van der Waals surface area contributed by atoms with Crippen molar-refractivity contribution < 1.29 is 83.0 Å². The molecule has 0 fully saturated rings. The summed E-state index contributed by atoms with van der Waals surface area (Å²) in [5.41, 5.74) is -24.0. The van der Waals surface area contributed by atoms with Gasteiger partial charge in [0.2, 0.25) is 11.4 Å². The Hall–Kier alpha value is -5.60. The molecule has 0 spiro atoms. The quantitative estimate of drug-likeness (QED) is 0.0412. The van der Waals surface area contributed by atoms with Gasteiger partial charge in [-0.2, -0.15) is 4.58 Å². The van der Waals surface area contributed by atoms with Crippen LogP contribution in [0, 0.1) is 0 Å². The monoisotopic (exact) mass is 1140 g/mol. The molecule has 0 aliphatic carbocycles. The summed E-state index contributed by atoms with van der Waals surface area (Å²) >= 11 is 3.70. The minimum absolute atomic E-state index is 1.01. The van der Waals surface area contributed by atoms with Crippen molar-refractivity contribution in [3.63, 3.8) is 0 Å². The van der Waals surface area contributed by atoms with Crippen molar-refractivity contribution in [2.45, 2.75) is 101 Å². The van der Waals surface area contributed by atoms with Gasteiger partial charge in [0.1, 0.15) is 6.54 Å². The summed E-state index contributed by atoms with van der Waals surface area (Å²) in [4.78, 5) is 5.15. The number of benzene rings is 6. The van der Waals surface area contributed by atoms with E-state index in [1.54, 1.807) is 0 Å². The van der Waals surface area contributed by atoms with E-state index < -0.39 is 42.4 Å². The Morgan fingerprint density at radius 1 is 0.500 bits per heavy atom. The van der Waals surface area contributed by atoms with Crippen LogP contribution in [-0.4, -0.2) is 56.9 Å². The van der Waals surface area contributed by atoms with Gasteiger partial charge >= 0.3 is 121 Å². The SMILES string of the molecule is CCCCn1\c(=C/C=C/C=C/C2=[N+](CCCC)c3ccc(Sc4ccccc4)c4cccc2c34)c2cccc3c(Sc4ccccc4)ccc1c32.FC(F)(F)C(F)(F)[P-](F)(F)(F)(C(F)(F)C(F)(F)F)C(F)(F)C(F)(F)F. The number of hydrogen-bond donors (Lipinski definition) is 0. The van der Waals surface area contributed by atoms with E-state index in [1.807, 2.05) is 23.5 Å². The van der Waals surface area contributed by atoms with Crippen LogP contribution in [0.3, 0.4) is 0 Å². The first-order chi connectivity index (χ1) is 35.3. The number of alkyl halides is 15. The van der Waals surface area contributed by atoms with Crippen molar-refractivity contribution in [1.82, 2.24) is 4.57 Å². The second-order valence-corrected chi connectivity index (χ2v) is 24.0. The molecule has 0 saturated heterocycles. The second kappa shape index (κ2) is 20.3. The zero-order valence-corrected chi connectivity index (χ0v) is 42.2. The second-order valence-electron chi connectivity index (χ2n) is 17.5. The number of halogens is 18. The summed E-state index contributed by atoms with van der Waals surface area (Å²) in [6, 6.07) is 44.3. The Labute approximate surface area is 430 Å². The van der Waals surface area contributed by atoms with E-state index in [0.29, 0.717) is 0 Å². The molecule has 23 heteroatoms. The van der Waals surface area contributed by atoms with E-state index in [-0.39, 0.29) is 0 Å². The molecule has 6 aromatic carbocycles. The predicted octanol–water partition coefficient (Wildman–Crippen LogP) is 19.8. The van der Waals surface area contributed by atoms with E-state index in [9.17, 15) is 78.4 Å². The van der Waals surface area contributed by atoms with Gasteiger partial charge in [0.15, 0.2) is 0 Å². The molecule has 0 atom stereocenters. The first-order valence-corrected chi connectivity index (χ1v) is 27.1. The van der Waals surface area contributed by atoms with Crippen molar-refractivity contribution in [2.75, 3.05) is 6.54 Å². The van der Waals surface area contributed by atoms with Crippen LogP contribution in [0.25, 0.3) is 38.5 Å². The zero-order valence-electron chi connectivity index (χ0n) is 39.6. The van der Waals surface area contributed by atoms with Gasteiger partial charge in [0, 0.05) is 71.7 Å². The Morgan fingerprint density at radius 3 is 1.47 bits per heavy atom. The van der Waals surface area contributed by atoms with Crippen LogP contribution in [0.5, 0.6) is 0 Å². The molecule has 0 bridgehead atoms. The van der Waals surface area contributed by atoms with Gasteiger partial charge in [0.25, 0.3) is 0 Å². The summed E-state index contributed by atoms with van der Waals surface area (Å²) in [7, 11) is 0. The molecule has 0 unspecified atom stereocenters. The summed E-state index contributed by atoms with van der Waals surface area (Å²) in [6.07, 6.45) is -10.2. The predicted molar refractivity (Wildman–Crippen MR) is 264 cm³/mol. The van der Waals surface area contributed by atoms with Crippen LogP contribution in [0.4, 0.5) is 84.1 Å². The van der Waals surface area contributed by atoms with Gasteiger partial charge in [-0.15, -0.1) is 0 Å². The van der Waals surface area contributed by atoms with Crippen molar-refractivity contribution in [2.24, 2.45) is 0 Å². The summed E-state index contributed by atoms with van der Waals surface area (Å²) in [6.45, 7) is -8.43. The van der Waals surface area contributed by atoms with Crippen molar-refractivity contribution in [1.29, 1.82) is 0 Å². The molecule has 1 aromatic heterocycles. The molecule has 2 heterocycles. The van der Waals surface area contributed by atoms with E-state index >= 15 is 0 Å². The Kier molecular flexibility index (Phi) is 15.5. The number of unbranched alkanes of at least 4 members (excludes halogenated alkanes) is 2. The Balaban J connectivity index is 0.000000286. The number of rotatable bonds is 16. The van der Waals surface area contributed by atoms with E-state index in [0.717, 1.165) is 25.9 Å². The molecule has 7 aromatic rings. The molecule has 0 N–H and O–H groups in total. The standard InChI is InChI=1S/C47H43N2S2.C6F18P/c1-3-5-32-48-40(36-22-16-24-38-44(30-28-42(48)46(36)38)50-34-18-10-7-11-19-34)26-14-9-15-27-41-37-23-17-25-39-45(51-35-20-12-8-13-21-35)31-29-43(47(37)39)49(41)33-6-4-2;7-1(8,9)4(16,17)25(22,23,24,5(18,19)2(10,11)12)6(20,21)3(13,14)15/h7-31H,3-6,32-33H2,1-2H3;/q+1;-1. The van der Waals surface area contributed by atoms with E-state index in [1.165, 1.54) is 87.2 Å². The molecule has 8 rings (SSSR count). The molecule has 1 aliphatic rings. The number of aromatic nitrogens is 1. The minimum atomic E-state index is -15.0. The first-order valence-electron chi connectivity index (χ1n) is 23.1. The van der Waals surface area contributed by atoms with Crippen LogP contribution in [0.1, 0.15) is 45.1 Å². The third-order valence-corrected chi connectivity index (χ3v) is 19.2. The van der Waals surface area contributed by atoms with Crippen molar-refractivity contribution in [3.8, 4) is 0 Å². The summed E-state index contributed by atoms with van der Waals surface area (Å²) < 4.78 is 227. The zero-order chi connectivity index (χ0) is 56.0. The van der Waals surface area contributed by atoms with Crippen LogP contribution < -0.4 is 5.35 Å². The molecule has 76 heavy (non-hydrogen) atoms.